The molecule has 2 aromatic carbocycles. The largest absolute Gasteiger partial charge is 0.478 e. The van der Waals surface area contributed by atoms with Crippen molar-refractivity contribution in [3.63, 3.8) is 0 Å². The van der Waals surface area contributed by atoms with E-state index in [1.807, 2.05) is 6.92 Å². The van der Waals surface area contributed by atoms with Crippen molar-refractivity contribution in [3.8, 4) is 11.6 Å². The summed E-state index contributed by atoms with van der Waals surface area (Å²) in [5, 5.41) is 12.8. The van der Waals surface area contributed by atoms with Gasteiger partial charge in [-0.3, -0.25) is 14.5 Å². The fraction of sp³-hybridized carbons (Fsp3) is 0.310. The molecule has 1 saturated heterocycles. The Balaban J connectivity index is 1.65. The van der Waals surface area contributed by atoms with Gasteiger partial charge in [-0.2, -0.15) is 13.2 Å². The summed E-state index contributed by atoms with van der Waals surface area (Å²) in [5.41, 5.74) is -0.618. The van der Waals surface area contributed by atoms with E-state index in [9.17, 15) is 32.7 Å². The smallest absolute Gasteiger partial charge is 0.421 e. The number of carbonyl (C=O) groups is 3. The molecule has 1 aromatic heterocycles. The zero-order chi connectivity index (χ0) is 29.6. The molecule has 2 heterocycles. The van der Waals surface area contributed by atoms with Crippen LogP contribution in [-0.4, -0.2) is 54.2 Å². The second-order valence-electron chi connectivity index (χ2n) is 9.56. The van der Waals surface area contributed by atoms with E-state index in [0.29, 0.717) is 19.8 Å². The van der Waals surface area contributed by atoms with E-state index in [0.717, 1.165) is 47.7 Å². The molecule has 9 nitrogen and oxygen atoms in total. The summed E-state index contributed by atoms with van der Waals surface area (Å²) < 4.78 is 50.9. The first kappa shape index (κ1) is 29.5. The molecule has 3 aromatic rings. The lowest BCUT2D eigenvalue weighted by atomic mass is 10.0. The topological polar surface area (TPSA) is 118 Å². The van der Waals surface area contributed by atoms with Crippen molar-refractivity contribution in [2.75, 3.05) is 31.2 Å². The number of aromatic carboxylic acids is 1. The molecular formula is C29H28F3N3O6. The second kappa shape index (κ2) is 12.8. The normalized spacial score (nSPS) is 13.9. The summed E-state index contributed by atoms with van der Waals surface area (Å²) in [6.45, 7) is 2.91. The minimum absolute atomic E-state index is 0.131. The minimum Gasteiger partial charge on any atom is -0.478 e. The summed E-state index contributed by atoms with van der Waals surface area (Å²) in [5.74, 6) is -3.41. The predicted molar refractivity (Wildman–Crippen MR) is 142 cm³/mol. The molecule has 0 bridgehead atoms. The van der Waals surface area contributed by atoms with Crippen LogP contribution in [0, 0.1) is 12.8 Å². The SMILES string of the molecule is Cc1ccc(C(=O)N(CC(=O)NCC2CCOCC2)c2ccc(Oc3ncccc3C(F)(F)F)cc2C(=O)O)cc1. The molecule has 12 heteroatoms. The van der Waals surface area contributed by atoms with Gasteiger partial charge in [-0.15, -0.1) is 0 Å². The Morgan fingerprint density at radius 3 is 2.46 bits per heavy atom. The van der Waals surface area contributed by atoms with Crippen molar-refractivity contribution in [2.45, 2.75) is 25.9 Å². The highest BCUT2D eigenvalue weighted by molar-refractivity contribution is 6.11. The van der Waals surface area contributed by atoms with Crippen LogP contribution < -0.4 is 15.0 Å². The van der Waals surface area contributed by atoms with Crippen LogP contribution in [0.1, 0.15) is 44.7 Å². The third-order valence-electron chi connectivity index (χ3n) is 6.55. The van der Waals surface area contributed by atoms with E-state index in [-0.39, 0.29) is 22.9 Å². The summed E-state index contributed by atoms with van der Waals surface area (Å²) in [7, 11) is 0. The molecule has 0 aliphatic carbocycles. The van der Waals surface area contributed by atoms with Crippen molar-refractivity contribution in [3.05, 3.63) is 83.0 Å². The Labute approximate surface area is 233 Å². The van der Waals surface area contributed by atoms with Crippen LogP contribution in [0.2, 0.25) is 0 Å². The Morgan fingerprint density at radius 2 is 1.80 bits per heavy atom. The maximum Gasteiger partial charge on any atom is 0.421 e. The number of benzene rings is 2. The van der Waals surface area contributed by atoms with Crippen LogP contribution in [0.4, 0.5) is 18.9 Å². The van der Waals surface area contributed by atoms with Crippen molar-refractivity contribution in [2.24, 2.45) is 5.92 Å². The number of hydrogen-bond donors (Lipinski definition) is 2. The number of rotatable bonds is 9. The summed E-state index contributed by atoms with van der Waals surface area (Å²) in [6, 6.07) is 11.8. The molecule has 2 N–H and O–H groups in total. The number of carbonyl (C=O) groups excluding carboxylic acids is 2. The van der Waals surface area contributed by atoms with Crippen molar-refractivity contribution in [1.82, 2.24) is 10.3 Å². The molecule has 4 rings (SSSR count). The number of nitrogens with zero attached hydrogens (tertiary/aromatic N) is 2. The Kier molecular flexibility index (Phi) is 9.23. The van der Waals surface area contributed by atoms with Gasteiger partial charge in [0.1, 0.15) is 17.9 Å². The number of ether oxygens (including phenoxy) is 2. The Hall–Kier alpha value is -4.45. The van der Waals surface area contributed by atoms with Crippen LogP contribution in [0.5, 0.6) is 11.6 Å². The maximum absolute atomic E-state index is 13.6. The molecule has 0 unspecified atom stereocenters. The number of carboxylic acid groups (broad SMARTS) is 1. The van der Waals surface area contributed by atoms with Crippen molar-refractivity contribution >= 4 is 23.5 Å². The first-order chi connectivity index (χ1) is 19.5. The molecule has 0 radical (unpaired) electrons. The van der Waals surface area contributed by atoms with Gasteiger partial charge in [0.2, 0.25) is 11.8 Å². The van der Waals surface area contributed by atoms with Crippen molar-refractivity contribution < 1.29 is 42.1 Å². The minimum atomic E-state index is -4.76. The number of anilines is 1. The van der Waals surface area contributed by atoms with Gasteiger partial charge < -0.3 is 19.9 Å². The van der Waals surface area contributed by atoms with Gasteiger partial charge in [-0.1, -0.05) is 17.7 Å². The average Bonchev–Trinajstić information content (AvgIpc) is 2.95. The van der Waals surface area contributed by atoms with Gasteiger partial charge in [-0.05, 0) is 68.1 Å². The summed E-state index contributed by atoms with van der Waals surface area (Å²) >= 11 is 0. The Bertz CT molecular complexity index is 1410. The molecule has 1 fully saturated rings. The number of pyridine rings is 1. The molecule has 216 valence electrons. The molecule has 0 atom stereocenters. The van der Waals surface area contributed by atoms with E-state index in [2.05, 4.69) is 10.3 Å². The lowest BCUT2D eigenvalue weighted by Gasteiger charge is -2.26. The third kappa shape index (κ3) is 7.60. The average molecular weight is 572 g/mol. The number of aryl methyl sites for hydroxylation is 1. The number of alkyl halides is 3. The van der Waals surface area contributed by atoms with Crippen LogP contribution in [-0.2, 0) is 15.7 Å². The van der Waals surface area contributed by atoms with E-state index >= 15 is 0 Å². The van der Waals surface area contributed by atoms with E-state index in [1.165, 1.54) is 12.1 Å². The van der Waals surface area contributed by atoms with Gasteiger partial charge in [0, 0.05) is 31.5 Å². The van der Waals surface area contributed by atoms with Crippen molar-refractivity contribution in [1.29, 1.82) is 0 Å². The molecule has 1 aliphatic heterocycles. The molecule has 0 spiro atoms. The molecular weight excluding hydrogens is 543 g/mol. The molecule has 0 saturated carbocycles. The number of halogens is 3. The number of aromatic nitrogens is 1. The van der Waals surface area contributed by atoms with Gasteiger partial charge in [0.15, 0.2) is 0 Å². The molecule has 1 aliphatic rings. The van der Waals surface area contributed by atoms with Crippen LogP contribution in [0.3, 0.4) is 0 Å². The third-order valence-corrected chi connectivity index (χ3v) is 6.55. The fourth-order valence-electron chi connectivity index (χ4n) is 4.31. The highest BCUT2D eigenvalue weighted by Gasteiger charge is 2.35. The molecule has 41 heavy (non-hydrogen) atoms. The lowest BCUT2D eigenvalue weighted by molar-refractivity contribution is -0.138. The highest BCUT2D eigenvalue weighted by atomic mass is 19.4. The monoisotopic (exact) mass is 571 g/mol. The lowest BCUT2D eigenvalue weighted by Crippen LogP contribution is -2.43. The van der Waals surface area contributed by atoms with Gasteiger partial charge >= 0.3 is 12.1 Å². The highest BCUT2D eigenvalue weighted by Crippen LogP contribution is 2.37. The van der Waals surface area contributed by atoms with Gasteiger partial charge in [0.05, 0.1) is 11.3 Å². The van der Waals surface area contributed by atoms with Crippen LogP contribution in [0.25, 0.3) is 0 Å². The van der Waals surface area contributed by atoms with E-state index in [1.54, 1.807) is 24.3 Å². The molecule has 2 amide bonds. The first-order valence-electron chi connectivity index (χ1n) is 12.8. The zero-order valence-electron chi connectivity index (χ0n) is 22.1. The predicted octanol–water partition coefficient (Wildman–Crippen LogP) is 5.09. The number of nitrogens with one attached hydrogen (secondary N) is 1. The maximum atomic E-state index is 13.6. The number of amides is 2. The second-order valence-corrected chi connectivity index (χ2v) is 9.56. The summed E-state index contributed by atoms with van der Waals surface area (Å²) in [4.78, 5) is 43.5. The van der Waals surface area contributed by atoms with Crippen LogP contribution in [0.15, 0.2) is 60.8 Å². The Morgan fingerprint density at radius 1 is 1.10 bits per heavy atom. The zero-order valence-corrected chi connectivity index (χ0v) is 22.1. The fourth-order valence-corrected chi connectivity index (χ4v) is 4.31. The van der Waals surface area contributed by atoms with Crippen LogP contribution >= 0.6 is 0 Å². The van der Waals surface area contributed by atoms with E-state index in [4.69, 9.17) is 9.47 Å². The first-order valence-corrected chi connectivity index (χ1v) is 12.8. The van der Waals surface area contributed by atoms with Gasteiger partial charge in [0.25, 0.3) is 5.91 Å². The summed E-state index contributed by atoms with van der Waals surface area (Å²) in [6.07, 6.45) is -2.08. The van der Waals surface area contributed by atoms with E-state index < -0.39 is 47.5 Å². The number of carboxylic acids is 1. The number of hydrogen-bond acceptors (Lipinski definition) is 6. The van der Waals surface area contributed by atoms with Gasteiger partial charge in [-0.25, -0.2) is 9.78 Å². The quantitative estimate of drug-likeness (QED) is 0.367. The standard InChI is InChI=1S/C29H28F3N3O6/c1-18-4-6-20(7-5-18)27(37)35(17-25(36)34-16-19-10-13-40-14-11-19)24-9-8-21(15-22(24)28(38)39)41-26-23(29(30,31)32)3-2-12-33-26/h2-9,12,15,19H,10-11,13-14,16-17H2,1H3,(H,34,36)(H,38,39).